The van der Waals surface area contributed by atoms with Gasteiger partial charge in [-0.15, -0.1) is 11.8 Å². The van der Waals surface area contributed by atoms with Gasteiger partial charge in [-0.25, -0.2) is 0 Å². The molecule has 0 saturated heterocycles. The molecular weight excluding hydrogens is 389 g/mol. The van der Waals surface area contributed by atoms with Crippen LogP contribution in [-0.2, 0) is 0 Å². The first kappa shape index (κ1) is 19.6. The molecule has 0 fully saturated rings. The molecule has 0 heterocycles. The number of thioether (sulfide) groups is 1. The zero-order valence-electron chi connectivity index (χ0n) is 16.3. The van der Waals surface area contributed by atoms with Gasteiger partial charge in [-0.05, 0) is 42.2 Å². The van der Waals surface area contributed by atoms with Crippen molar-refractivity contribution in [2.45, 2.75) is 4.90 Å². The molecule has 142 valence electrons. The van der Waals surface area contributed by atoms with E-state index in [2.05, 4.69) is 109 Å². The Morgan fingerprint density at radius 3 is 1.86 bits per heavy atom. The maximum atomic E-state index is 4.84. The second kappa shape index (κ2) is 9.69. The highest BCUT2D eigenvalue weighted by Crippen LogP contribution is 2.34. The number of hydrogen-bond acceptors (Lipinski definition) is 2. The maximum Gasteiger partial charge on any atom is 0.0765 e. The van der Waals surface area contributed by atoms with E-state index in [1.54, 1.807) is 11.8 Å². The summed E-state index contributed by atoms with van der Waals surface area (Å²) >= 11 is 1.73. The van der Waals surface area contributed by atoms with Crippen LogP contribution in [0.15, 0.2) is 119 Å². The Balaban J connectivity index is 1.80. The molecule has 0 N–H and O–H groups in total. The SMILES string of the molecule is CSc1ccccc1N=Cc1ccccc1P(c1ccccc1)c1ccccc1. The van der Waals surface area contributed by atoms with Gasteiger partial charge in [0.25, 0.3) is 0 Å². The summed E-state index contributed by atoms with van der Waals surface area (Å²) in [4.78, 5) is 6.03. The van der Waals surface area contributed by atoms with Crippen molar-refractivity contribution in [2.24, 2.45) is 4.99 Å². The molecule has 0 spiro atoms. The van der Waals surface area contributed by atoms with Gasteiger partial charge in [0, 0.05) is 16.7 Å². The lowest BCUT2D eigenvalue weighted by atomic mass is 10.2. The van der Waals surface area contributed by atoms with Crippen molar-refractivity contribution in [1.82, 2.24) is 0 Å². The van der Waals surface area contributed by atoms with E-state index >= 15 is 0 Å². The van der Waals surface area contributed by atoms with Gasteiger partial charge in [0.1, 0.15) is 0 Å². The van der Waals surface area contributed by atoms with E-state index in [1.165, 1.54) is 26.4 Å². The van der Waals surface area contributed by atoms with Crippen molar-refractivity contribution < 1.29 is 0 Å². The monoisotopic (exact) mass is 411 g/mol. The predicted octanol–water partition coefficient (Wildman–Crippen LogP) is 5.92. The fraction of sp³-hybridized carbons (Fsp3) is 0.0385. The standard InChI is InChI=1S/C26H22NPS/c1-29-26-19-11-9-17-24(26)27-20-21-12-8-10-18-25(21)28(22-13-4-2-5-14-22)23-15-6-3-7-16-23/h2-20H,1H3. The molecule has 4 aromatic carbocycles. The Labute approximate surface area is 178 Å². The van der Waals surface area contributed by atoms with Crippen LogP contribution in [0.1, 0.15) is 5.56 Å². The second-order valence-corrected chi connectivity index (χ2v) is 9.53. The highest BCUT2D eigenvalue weighted by molar-refractivity contribution is 7.98. The van der Waals surface area contributed by atoms with Crippen molar-refractivity contribution in [1.29, 1.82) is 0 Å². The van der Waals surface area contributed by atoms with E-state index in [1.807, 2.05) is 12.3 Å². The minimum absolute atomic E-state index is 0.655. The molecule has 4 aromatic rings. The summed E-state index contributed by atoms with van der Waals surface area (Å²) in [6.07, 6.45) is 4.11. The topological polar surface area (TPSA) is 12.4 Å². The molecule has 1 nitrogen and oxygen atoms in total. The van der Waals surface area contributed by atoms with E-state index < -0.39 is 7.92 Å². The number of aliphatic imine (C=N–C) groups is 1. The van der Waals surface area contributed by atoms with Gasteiger partial charge < -0.3 is 0 Å². The van der Waals surface area contributed by atoms with Crippen molar-refractivity contribution in [2.75, 3.05) is 6.26 Å². The summed E-state index contributed by atoms with van der Waals surface area (Å²) in [6.45, 7) is 0. The van der Waals surface area contributed by atoms with Crippen LogP contribution >= 0.6 is 19.7 Å². The number of rotatable bonds is 6. The van der Waals surface area contributed by atoms with Gasteiger partial charge in [-0.1, -0.05) is 97.1 Å². The number of para-hydroxylation sites is 1. The average Bonchev–Trinajstić information content (AvgIpc) is 2.80. The van der Waals surface area contributed by atoms with Crippen LogP contribution in [0, 0.1) is 0 Å². The first-order valence-electron chi connectivity index (χ1n) is 9.53. The summed E-state index contributed by atoms with van der Waals surface area (Å²) in [7, 11) is -0.655. The van der Waals surface area contributed by atoms with Crippen molar-refractivity contribution in [3.63, 3.8) is 0 Å². The summed E-state index contributed by atoms with van der Waals surface area (Å²) in [5, 5.41) is 4.02. The molecule has 0 atom stereocenters. The summed E-state index contributed by atoms with van der Waals surface area (Å²) < 4.78 is 0. The Bertz CT molecular complexity index is 1050. The fourth-order valence-electron chi connectivity index (χ4n) is 3.26. The fourth-order valence-corrected chi connectivity index (χ4v) is 6.22. The van der Waals surface area contributed by atoms with Gasteiger partial charge in [0.05, 0.1) is 5.69 Å². The molecule has 29 heavy (non-hydrogen) atoms. The van der Waals surface area contributed by atoms with Crippen molar-refractivity contribution in [3.8, 4) is 0 Å². The van der Waals surface area contributed by atoms with Gasteiger partial charge in [0.2, 0.25) is 0 Å². The zero-order valence-corrected chi connectivity index (χ0v) is 18.0. The van der Waals surface area contributed by atoms with Crippen LogP contribution in [0.4, 0.5) is 5.69 Å². The minimum atomic E-state index is -0.655. The third kappa shape index (κ3) is 4.67. The lowest BCUT2D eigenvalue weighted by Crippen LogP contribution is -2.23. The van der Waals surface area contributed by atoms with E-state index in [-0.39, 0.29) is 0 Å². The van der Waals surface area contributed by atoms with Crippen LogP contribution in [0.2, 0.25) is 0 Å². The third-order valence-corrected chi connectivity index (χ3v) is 7.94. The van der Waals surface area contributed by atoms with Crippen LogP contribution in [0.5, 0.6) is 0 Å². The first-order valence-corrected chi connectivity index (χ1v) is 12.1. The van der Waals surface area contributed by atoms with Gasteiger partial charge in [-0.2, -0.15) is 0 Å². The van der Waals surface area contributed by atoms with E-state index in [0.717, 1.165) is 5.69 Å². The molecule has 0 aliphatic rings. The molecule has 0 aliphatic carbocycles. The molecule has 0 unspecified atom stereocenters. The Morgan fingerprint density at radius 1 is 0.655 bits per heavy atom. The highest BCUT2D eigenvalue weighted by Gasteiger charge is 2.18. The number of benzene rings is 4. The largest absolute Gasteiger partial charge is 0.255 e. The van der Waals surface area contributed by atoms with Gasteiger partial charge in [0.15, 0.2) is 0 Å². The van der Waals surface area contributed by atoms with Crippen LogP contribution < -0.4 is 15.9 Å². The molecule has 3 heteroatoms. The van der Waals surface area contributed by atoms with Crippen molar-refractivity contribution in [3.05, 3.63) is 115 Å². The normalized spacial score (nSPS) is 11.2. The second-order valence-electron chi connectivity index (χ2n) is 6.50. The van der Waals surface area contributed by atoms with Crippen LogP contribution in [0.3, 0.4) is 0 Å². The molecule has 0 aliphatic heterocycles. The minimum Gasteiger partial charge on any atom is -0.255 e. The highest BCUT2D eigenvalue weighted by atomic mass is 32.2. The Kier molecular flexibility index (Phi) is 6.56. The Hall–Kier alpha value is -2.67. The maximum absolute atomic E-state index is 4.84. The molecule has 0 amide bonds. The van der Waals surface area contributed by atoms with E-state index in [0.29, 0.717) is 0 Å². The summed E-state index contributed by atoms with van der Waals surface area (Å²) in [5.74, 6) is 0. The van der Waals surface area contributed by atoms with Crippen LogP contribution in [-0.4, -0.2) is 12.5 Å². The molecular formula is C26H22NPS. The molecule has 0 aromatic heterocycles. The predicted molar refractivity (Wildman–Crippen MR) is 131 cm³/mol. The van der Waals surface area contributed by atoms with E-state index in [9.17, 15) is 0 Å². The number of hydrogen-bond donors (Lipinski definition) is 0. The number of nitrogens with zero attached hydrogens (tertiary/aromatic N) is 1. The molecule has 0 bridgehead atoms. The molecule has 0 saturated carbocycles. The lowest BCUT2D eigenvalue weighted by molar-refractivity contribution is 1.38. The van der Waals surface area contributed by atoms with Crippen molar-refractivity contribution >= 4 is 47.5 Å². The summed E-state index contributed by atoms with van der Waals surface area (Å²) in [5.41, 5.74) is 2.18. The van der Waals surface area contributed by atoms with Gasteiger partial charge in [-0.3, -0.25) is 4.99 Å². The average molecular weight is 412 g/mol. The third-order valence-electron chi connectivity index (χ3n) is 4.63. The van der Waals surface area contributed by atoms with Gasteiger partial charge >= 0.3 is 0 Å². The smallest absolute Gasteiger partial charge is 0.0765 e. The lowest BCUT2D eigenvalue weighted by Gasteiger charge is -2.21. The molecule has 4 rings (SSSR count). The zero-order chi connectivity index (χ0) is 19.9. The quantitative estimate of drug-likeness (QED) is 0.218. The molecule has 0 radical (unpaired) electrons. The Morgan fingerprint density at radius 2 is 1.21 bits per heavy atom. The summed E-state index contributed by atoms with van der Waals surface area (Å²) in [6, 6.07) is 38.5. The van der Waals surface area contributed by atoms with E-state index in [4.69, 9.17) is 4.99 Å². The first-order chi connectivity index (χ1) is 14.4. The van der Waals surface area contributed by atoms with Crippen LogP contribution in [0.25, 0.3) is 0 Å².